The number of para-hydroxylation sites is 2. The van der Waals surface area contributed by atoms with Crippen LogP contribution < -0.4 is 14.8 Å². The molecule has 0 unspecified atom stereocenters. The maximum atomic E-state index is 12.0. The monoisotopic (exact) mass is 374 g/mol. The Morgan fingerprint density at radius 3 is 2.96 bits per heavy atom. The fourth-order valence-electron chi connectivity index (χ4n) is 2.60. The number of amides is 1. The van der Waals surface area contributed by atoms with Gasteiger partial charge in [-0.3, -0.25) is 9.36 Å². The van der Waals surface area contributed by atoms with Crippen LogP contribution in [-0.2, 0) is 11.3 Å². The minimum Gasteiger partial charge on any atom is -0.485 e. The largest absolute Gasteiger partial charge is 0.485 e. The number of carbonyl (C=O) groups excluding carboxylic acids is 1. The molecule has 1 amide bonds. The van der Waals surface area contributed by atoms with Crippen molar-refractivity contribution in [3.63, 3.8) is 0 Å². The fraction of sp³-hybridized carbons (Fsp3) is 0.389. The number of fused-ring (bicyclic) bond motifs is 1. The van der Waals surface area contributed by atoms with Crippen molar-refractivity contribution >= 4 is 17.7 Å². The third-order valence-electron chi connectivity index (χ3n) is 3.86. The van der Waals surface area contributed by atoms with Crippen LogP contribution in [0.4, 0.5) is 0 Å². The first-order chi connectivity index (χ1) is 12.6. The van der Waals surface area contributed by atoms with Crippen molar-refractivity contribution in [2.24, 2.45) is 0 Å². The molecule has 1 N–H and O–H groups in total. The molecule has 0 fully saturated rings. The van der Waals surface area contributed by atoms with Gasteiger partial charge in [0.05, 0.1) is 5.25 Å². The van der Waals surface area contributed by atoms with Gasteiger partial charge in [0.25, 0.3) is 0 Å². The Morgan fingerprint density at radius 1 is 1.46 bits per heavy atom. The van der Waals surface area contributed by atoms with E-state index in [1.807, 2.05) is 42.7 Å². The molecule has 1 aromatic heterocycles. The Labute approximate surface area is 156 Å². The van der Waals surface area contributed by atoms with Crippen molar-refractivity contribution in [1.29, 1.82) is 0 Å². The molecular weight excluding hydrogens is 352 g/mol. The van der Waals surface area contributed by atoms with E-state index in [1.165, 1.54) is 11.8 Å². The predicted molar refractivity (Wildman–Crippen MR) is 99.5 cm³/mol. The van der Waals surface area contributed by atoms with Gasteiger partial charge in [0.2, 0.25) is 5.91 Å². The molecule has 138 valence electrons. The molecule has 0 radical (unpaired) electrons. The Hall–Kier alpha value is -2.48. The van der Waals surface area contributed by atoms with Gasteiger partial charge < -0.3 is 14.8 Å². The van der Waals surface area contributed by atoms with Crippen molar-refractivity contribution in [3.8, 4) is 11.5 Å². The van der Waals surface area contributed by atoms with Gasteiger partial charge in [-0.15, -0.1) is 16.8 Å². The van der Waals surface area contributed by atoms with Crippen molar-refractivity contribution < 1.29 is 14.3 Å². The molecule has 0 bridgehead atoms. The topological polar surface area (TPSA) is 78.3 Å². The van der Waals surface area contributed by atoms with Crippen LogP contribution in [0.3, 0.4) is 0 Å². The van der Waals surface area contributed by atoms with E-state index in [0.717, 1.165) is 5.75 Å². The van der Waals surface area contributed by atoms with E-state index in [2.05, 4.69) is 22.1 Å². The lowest BCUT2D eigenvalue weighted by Crippen LogP contribution is -2.30. The number of hydrogen-bond donors (Lipinski definition) is 1. The van der Waals surface area contributed by atoms with E-state index in [9.17, 15) is 4.79 Å². The summed E-state index contributed by atoms with van der Waals surface area (Å²) in [6, 6.07) is 7.53. The van der Waals surface area contributed by atoms with Gasteiger partial charge in [-0.25, -0.2) is 0 Å². The van der Waals surface area contributed by atoms with Crippen LogP contribution in [-0.4, -0.2) is 39.1 Å². The highest BCUT2D eigenvalue weighted by Crippen LogP contribution is 2.36. The summed E-state index contributed by atoms with van der Waals surface area (Å²) < 4.78 is 13.7. The zero-order valence-electron chi connectivity index (χ0n) is 14.8. The van der Waals surface area contributed by atoms with Crippen molar-refractivity contribution in [2.45, 2.75) is 36.9 Å². The molecule has 0 spiro atoms. The maximum Gasteiger partial charge on any atom is 0.233 e. The highest BCUT2D eigenvalue weighted by Gasteiger charge is 2.29. The number of hydrogen-bond acceptors (Lipinski definition) is 6. The summed E-state index contributed by atoms with van der Waals surface area (Å²) in [6.45, 7) is 9.02. The zero-order chi connectivity index (χ0) is 18.5. The van der Waals surface area contributed by atoms with E-state index >= 15 is 0 Å². The first-order valence-corrected chi connectivity index (χ1v) is 9.38. The summed E-state index contributed by atoms with van der Waals surface area (Å²) >= 11 is 1.36. The van der Waals surface area contributed by atoms with Crippen LogP contribution in [0.5, 0.6) is 11.5 Å². The molecule has 26 heavy (non-hydrogen) atoms. The molecule has 2 heterocycles. The summed E-state index contributed by atoms with van der Waals surface area (Å²) in [4.78, 5) is 12.0. The minimum atomic E-state index is -0.369. The number of nitrogens with one attached hydrogen (secondary N) is 1. The normalized spacial score (nSPS) is 16.8. The Bertz CT molecular complexity index is 792. The summed E-state index contributed by atoms with van der Waals surface area (Å²) in [7, 11) is 0. The number of benzene rings is 1. The third kappa shape index (κ3) is 3.85. The molecule has 0 aliphatic carbocycles. The van der Waals surface area contributed by atoms with Crippen LogP contribution in [0.25, 0.3) is 0 Å². The van der Waals surface area contributed by atoms with Crippen LogP contribution in [0, 0.1) is 0 Å². The van der Waals surface area contributed by atoms with Crippen molar-refractivity contribution in [2.75, 3.05) is 13.2 Å². The molecule has 1 aliphatic rings. The van der Waals surface area contributed by atoms with Gasteiger partial charge in [0, 0.05) is 13.1 Å². The van der Waals surface area contributed by atoms with Gasteiger partial charge in [0.1, 0.15) is 6.61 Å². The first kappa shape index (κ1) is 18.3. The highest BCUT2D eigenvalue weighted by atomic mass is 32.2. The lowest BCUT2D eigenvalue weighted by atomic mass is 10.2. The Morgan fingerprint density at radius 2 is 2.23 bits per heavy atom. The zero-order valence-corrected chi connectivity index (χ0v) is 15.7. The molecule has 2 atom stereocenters. The van der Waals surface area contributed by atoms with E-state index in [4.69, 9.17) is 9.47 Å². The summed E-state index contributed by atoms with van der Waals surface area (Å²) in [5, 5.41) is 11.8. The molecule has 3 rings (SSSR count). The molecule has 0 saturated carbocycles. The van der Waals surface area contributed by atoms with E-state index in [-0.39, 0.29) is 17.3 Å². The number of carbonyl (C=O) groups is 1. The molecule has 2 aromatic rings. The second-order valence-corrected chi connectivity index (χ2v) is 7.07. The van der Waals surface area contributed by atoms with Crippen LogP contribution >= 0.6 is 11.8 Å². The maximum absolute atomic E-state index is 12.0. The number of aromatic nitrogens is 3. The molecule has 1 aliphatic heterocycles. The average molecular weight is 374 g/mol. The summed E-state index contributed by atoms with van der Waals surface area (Å²) in [5.74, 6) is 2.03. The molecule has 1 aromatic carbocycles. The summed E-state index contributed by atoms with van der Waals surface area (Å²) in [6.07, 6.45) is 1.40. The van der Waals surface area contributed by atoms with Crippen molar-refractivity contribution in [1.82, 2.24) is 20.1 Å². The average Bonchev–Trinajstić information content (AvgIpc) is 3.04. The highest BCUT2D eigenvalue weighted by molar-refractivity contribution is 8.00. The standard InChI is InChI=1S/C18H22N4O3S/c1-4-10-22-16(15-11-24-13-8-6-7-9-14(13)25-15)20-21-18(22)26-12(3)17(23)19-5-2/h4,6-9,12,15H,1,5,10-11H2,2-3H3,(H,19,23)/t12-,15+/m0/s1. The lowest BCUT2D eigenvalue weighted by molar-refractivity contribution is -0.120. The number of nitrogens with zero attached hydrogens (tertiary/aromatic N) is 3. The van der Waals surface area contributed by atoms with Gasteiger partial charge >= 0.3 is 0 Å². The fourth-order valence-corrected chi connectivity index (χ4v) is 3.49. The van der Waals surface area contributed by atoms with Gasteiger partial charge in [-0.2, -0.15) is 0 Å². The second kappa shape index (κ2) is 8.27. The van der Waals surface area contributed by atoms with E-state index in [1.54, 1.807) is 6.08 Å². The lowest BCUT2D eigenvalue weighted by Gasteiger charge is -2.26. The predicted octanol–water partition coefficient (Wildman–Crippen LogP) is 2.59. The Kier molecular flexibility index (Phi) is 5.82. The smallest absolute Gasteiger partial charge is 0.233 e. The Balaban J connectivity index is 1.81. The van der Waals surface area contributed by atoms with E-state index in [0.29, 0.717) is 36.4 Å². The first-order valence-electron chi connectivity index (χ1n) is 8.50. The number of rotatable bonds is 7. The van der Waals surface area contributed by atoms with Crippen LogP contribution in [0.15, 0.2) is 42.1 Å². The molecule has 0 saturated heterocycles. The van der Waals surface area contributed by atoms with Gasteiger partial charge in [-0.05, 0) is 26.0 Å². The van der Waals surface area contributed by atoms with Crippen molar-refractivity contribution in [3.05, 3.63) is 42.7 Å². The number of ether oxygens (including phenoxy) is 2. The van der Waals surface area contributed by atoms with Crippen LogP contribution in [0.2, 0.25) is 0 Å². The van der Waals surface area contributed by atoms with Crippen LogP contribution in [0.1, 0.15) is 25.8 Å². The van der Waals surface area contributed by atoms with Gasteiger partial charge in [-0.1, -0.05) is 30.0 Å². The third-order valence-corrected chi connectivity index (χ3v) is 4.94. The molecule has 7 nitrogen and oxygen atoms in total. The number of allylic oxidation sites excluding steroid dienone is 1. The molecule has 8 heteroatoms. The summed E-state index contributed by atoms with van der Waals surface area (Å²) in [5.41, 5.74) is 0. The number of thioether (sulfide) groups is 1. The SMILES string of the molecule is C=CCn1c(S[C@@H](C)C(=O)NCC)nnc1[C@H]1COc2ccccc2O1. The minimum absolute atomic E-state index is 0.0293. The quantitative estimate of drug-likeness (QED) is 0.593. The second-order valence-electron chi connectivity index (χ2n) is 5.76. The molecular formula is C18H22N4O3S. The van der Waals surface area contributed by atoms with E-state index < -0.39 is 0 Å². The van der Waals surface area contributed by atoms with Gasteiger partial charge in [0.15, 0.2) is 28.6 Å².